The normalized spacial score (nSPS) is 14.2. The number of amides is 1. The number of rotatable bonds is 8. The summed E-state index contributed by atoms with van der Waals surface area (Å²) in [5.41, 5.74) is 0. The number of carbonyl (C=O) groups excluding carboxylic acids is 1. The summed E-state index contributed by atoms with van der Waals surface area (Å²) in [6.45, 7) is 5.42. The highest BCUT2D eigenvalue weighted by Crippen LogP contribution is 2.06. The summed E-state index contributed by atoms with van der Waals surface area (Å²) in [7, 11) is 0. The van der Waals surface area contributed by atoms with Crippen LogP contribution in [0.25, 0.3) is 0 Å². The van der Waals surface area contributed by atoms with Crippen LogP contribution in [-0.2, 0) is 9.59 Å². The number of carboxylic acid groups (broad SMARTS) is 1. The average molecular weight is 247 g/mol. The van der Waals surface area contributed by atoms with E-state index in [1.165, 1.54) is 0 Å². The van der Waals surface area contributed by atoms with E-state index in [1.54, 1.807) is 25.6 Å². The van der Waals surface area contributed by atoms with Crippen LogP contribution in [0.5, 0.6) is 0 Å². The number of aliphatic carboxylic acids is 1. The van der Waals surface area contributed by atoms with Gasteiger partial charge in [-0.05, 0) is 26.0 Å². The zero-order chi connectivity index (χ0) is 12.6. The van der Waals surface area contributed by atoms with Crippen molar-refractivity contribution in [2.24, 2.45) is 5.92 Å². The van der Waals surface area contributed by atoms with Gasteiger partial charge in [0.1, 0.15) is 0 Å². The molecule has 0 aromatic heterocycles. The fraction of sp³-hybridized carbons (Fsp3) is 0.818. The van der Waals surface area contributed by atoms with Gasteiger partial charge in [-0.2, -0.15) is 11.8 Å². The minimum atomic E-state index is -0.883. The molecule has 4 nitrogen and oxygen atoms in total. The summed E-state index contributed by atoms with van der Waals surface area (Å²) in [5.74, 6) is -0.124. The molecular weight excluding hydrogens is 226 g/mol. The van der Waals surface area contributed by atoms with Crippen molar-refractivity contribution in [2.45, 2.75) is 39.7 Å². The average Bonchev–Trinajstić information content (AvgIpc) is 2.23. The summed E-state index contributed by atoms with van der Waals surface area (Å²) >= 11 is 1.59. The van der Waals surface area contributed by atoms with Crippen LogP contribution in [0.4, 0.5) is 0 Å². The highest BCUT2D eigenvalue weighted by atomic mass is 32.2. The van der Waals surface area contributed by atoms with Gasteiger partial charge in [-0.3, -0.25) is 9.59 Å². The van der Waals surface area contributed by atoms with Crippen LogP contribution in [0.3, 0.4) is 0 Å². The van der Waals surface area contributed by atoms with Gasteiger partial charge in [0, 0.05) is 6.04 Å². The van der Waals surface area contributed by atoms with Crippen molar-refractivity contribution in [3.8, 4) is 0 Å². The van der Waals surface area contributed by atoms with Gasteiger partial charge in [0.25, 0.3) is 0 Å². The Hall–Kier alpha value is -0.710. The van der Waals surface area contributed by atoms with Crippen LogP contribution in [0.1, 0.15) is 33.6 Å². The Morgan fingerprint density at radius 1 is 1.38 bits per heavy atom. The predicted molar refractivity (Wildman–Crippen MR) is 66.6 cm³/mol. The maximum absolute atomic E-state index is 11.4. The Bertz CT molecular complexity index is 233. The summed E-state index contributed by atoms with van der Waals surface area (Å²) in [5, 5.41) is 11.5. The molecule has 0 heterocycles. The molecule has 2 unspecified atom stereocenters. The quantitative estimate of drug-likeness (QED) is 0.641. The first-order valence-corrected chi connectivity index (χ1v) is 6.74. The first-order valence-electron chi connectivity index (χ1n) is 5.59. The molecular formula is C11H21NO3S. The molecule has 0 bridgehead atoms. The SMILES string of the molecule is CCCCSCC(=O)NC(C)C(C)C(=O)O. The predicted octanol–water partition coefficient (Wildman–Crippen LogP) is 1.75. The Kier molecular flexibility index (Phi) is 8.07. The third-order valence-electron chi connectivity index (χ3n) is 2.40. The van der Waals surface area contributed by atoms with Gasteiger partial charge in [-0.25, -0.2) is 0 Å². The highest BCUT2D eigenvalue weighted by Gasteiger charge is 2.20. The Balaban J connectivity index is 3.74. The van der Waals surface area contributed by atoms with E-state index in [0.29, 0.717) is 5.75 Å². The van der Waals surface area contributed by atoms with Crippen LogP contribution in [0.15, 0.2) is 0 Å². The number of carboxylic acids is 1. The van der Waals surface area contributed by atoms with E-state index >= 15 is 0 Å². The zero-order valence-electron chi connectivity index (χ0n) is 10.2. The highest BCUT2D eigenvalue weighted by molar-refractivity contribution is 7.99. The molecule has 0 saturated heterocycles. The molecule has 0 rings (SSSR count). The molecule has 0 aliphatic carbocycles. The molecule has 0 saturated carbocycles. The number of carbonyl (C=O) groups is 2. The van der Waals surface area contributed by atoms with Crippen LogP contribution in [0, 0.1) is 5.92 Å². The van der Waals surface area contributed by atoms with Crippen LogP contribution in [0.2, 0.25) is 0 Å². The van der Waals surface area contributed by atoms with Gasteiger partial charge in [-0.1, -0.05) is 13.3 Å². The van der Waals surface area contributed by atoms with Gasteiger partial charge < -0.3 is 10.4 Å². The van der Waals surface area contributed by atoms with E-state index < -0.39 is 11.9 Å². The van der Waals surface area contributed by atoms with Crippen LogP contribution >= 0.6 is 11.8 Å². The molecule has 2 atom stereocenters. The van der Waals surface area contributed by atoms with Crippen molar-refractivity contribution in [3.05, 3.63) is 0 Å². The van der Waals surface area contributed by atoms with E-state index in [2.05, 4.69) is 12.2 Å². The number of hydrogen-bond donors (Lipinski definition) is 2. The van der Waals surface area contributed by atoms with Gasteiger partial charge in [0.05, 0.1) is 11.7 Å². The summed E-state index contributed by atoms with van der Waals surface area (Å²) in [6, 6.07) is -0.322. The number of unbranched alkanes of at least 4 members (excludes halogenated alkanes) is 1. The largest absolute Gasteiger partial charge is 0.481 e. The Labute approximate surface area is 101 Å². The fourth-order valence-corrected chi connectivity index (χ4v) is 1.95. The number of thioether (sulfide) groups is 1. The third-order valence-corrected chi connectivity index (χ3v) is 3.45. The van der Waals surface area contributed by atoms with Crippen LogP contribution in [-0.4, -0.2) is 34.5 Å². The van der Waals surface area contributed by atoms with E-state index in [0.717, 1.165) is 18.6 Å². The van der Waals surface area contributed by atoms with E-state index in [-0.39, 0.29) is 11.9 Å². The van der Waals surface area contributed by atoms with Crippen molar-refractivity contribution in [2.75, 3.05) is 11.5 Å². The summed E-state index contributed by atoms with van der Waals surface area (Å²) in [4.78, 5) is 22.1. The lowest BCUT2D eigenvalue weighted by molar-refractivity contribution is -0.142. The zero-order valence-corrected chi connectivity index (χ0v) is 11.0. The molecule has 16 heavy (non-hydrogen) atoms. The lowest BCUT2D eigenvalue weighted by Crippen LogP contribution is -2.40. The maximum Gasteiger partial charge on any atom is 0.308 e. The summed E-state index contributed by atoms with van der Waals surface area (Å²) < 4.78 is 0. The lowest BCUT2D eigenvalue weighted by atomic mass is 10.0. The molecule has 5 heteroatoms. The minimum absolute atomic E-state index is 0.0818. The van der Waals surface area contributed by atoms with Crippen molar-refractivity contribution in [1.29, 1.82) is 0 Å². The number of nitrogens with one attached hydrogen (secondary N) is 1. The Morgan fingerprint density at radius 2 is 2.00 bits per heavy atom. The molecule has 0 aliphatic rings. The van der Waals surface area contributed by atoms with Crippen LogP contribution < -0.4 is 5.32 Å². The maximum atomic E-state index is 11.4. The van der Waals surface area contributed by atoms with E-state index in [4.69, 9.17) is 5.11 Å². The van der Waals surface area contributed by atoms with E-state index in [9.17, 15) is 9.59 Å². The molecule has 2 N–H and O–H groups in total. The molecule has 1 amide bonds. The monoisotopic (exact) mass is 247 g/mol. The minimum Gasteiger partial charge on any atom is -0.481 e. The van der Waals surface area contributed by atoms with Crippen molar-refractivity contribution in [3.63, 3.8) is 0 Å². The first kappa shape index (κ1) is 15.3. The number of hydrogen-bond acceptors (Lipinski definition) is 3. The van der Waals surface area contributed by atoms with E-state index in [1.807, 2.05) is 0 Å². The summed E-state index contributed by atoms with van der Waals surface area (Å²) in [6.07, 6.45) is 2.24. The van der Waals surface area contributed by atoms with Gasteiger partial charge in [0.15, 0.2) is 0 Å². The van der Waals surface area contributed by atoms with Gasteiger partial charge >= 0.3 is 5.97 Å². The fourth-order valence-electron chi connectivity index (χ4n) is 1.05. The molecule has 0 aliphatic heterocycles. The molecule has 0 aromatic carbocycles. The molecule has 0 radical (unpaired) electrons. The van der Waals surface area contributed by atoms with Gasteiger partial charge in [-0.15, -0.1) is 0 Å². The third kappa shape index (κ3) is 6.71. The van der Waals surface area contributed by atoms with Gasteiger partial charge in [0.2, 0.25) is 5.91 Å². The molecule has 0 fully saturated rings. The first-order chi connectivity index (χ1) is 7.49. The molecule has 0 aromatic rings. The topological polar surface area (TPSA) is 66.4 Å². The second kappa shape index (κ2) is 8.44. The smallest absolute Gasteiger partial charge is 0.308 e. The standard InChI is InChI=1S/C11H21NO3S/c1-4-5-6-16-7-10(13)12-9(3)8(2)11(14)15/h8-9H,4-7H2,1-3H3,(H,12,13)(H,14,15). The molecule has 94 valence electrons. The lowest BCUT2D eigenvalue weighted by Gasteiger charge is -2.17. The second-order valence-electron chi connectivity index (χ2n) is 3.89. The molecule has 0 spiro atoms. The second-order valence-corrected chi connectivity index (χ2v) is 4.99. The van der Waals surface area contributed by atoms with Crippen molar-refractivity contribution < 1.29 is 14.7 Å². The van der Waals surface area contributed by atoms with Crippen molar-refractivity contribution in [1.82, 2.24) is 5.32 Å². The van der Waals surface area contributed by atoms with Crippen molar-refractivity contribution >= 4 is 23.6 Å². The Morgan fingerprint density at radius 3 is 2.50 bits per heavy atom.